The second kappa shape index (κ2) is 8.46. The van der Waals surface area contributed by atoms with Gasteiger partial charge < -0.3 is 10.8 Å². The second-order valence-electron chi connectivity index (χ2n) is 8.48. The summed E-state index contributed by atoms with van der Waals surface area (Å²) < 4.78 is 15.1. The number of carboxylic acids is 1. The van der Waals surface area contributed by atoms with E-state index in [4.69, 9.17) is 28.9 Å². The minimum atomic E-state index is -1.14. The van der Waals surface area contributed by atoms with E-state index < -0.39 is 29.3 Å². The molecule has 1 saturated carbocycles. The van der Waals surface area contributed by atoms with Crippen molar-refractivity contribution in [1.29, 1.82) is 0 Å². The van der Waals surface area contributed by atoms with Crippen molar-refractivity contribution in [3.63, 3.8) is 0 Å². The zero-order chi connectivity index (χ0) is 21.5. The molecule has 4 N–H and O–H groups in total. The average Bonchev–Trinajstić information content (AvgIpc) is 3.32. The van der Waals surface area contributed by atoms with E-state index >= 15 is 4.39 Å². The molecule has 1 heterocycles. The molecule has 0 spiro atoms. The summed E-state index contributed by atoms with van der Waals surface area (Å²) in [5.41, 5.74) is 6.91. The van der Waals surface area contributed by atoms with Crippen molar-refractivity contribution < 1.29 is 14.3 Å². The van der Waals surface area contributed by atoms with Gasteiger partial charge in [-0.25, -0.2) is 4.39 Å². The molecule has 0 amide bonds. The van der Waals surface area contributed by atoms with Gasteiger partial charge in [-0.2, -0.15) is 0 Å². The van der Waals surface area contributed by atoms with Crippen molar-refractivity contribution in [2.75, 3.05) is 0 Å². The van der Waals surface area contributed by atoms with E-state index in [-0.39, 0.29) is 16.6 Å². The van der Waals surface area contributed by atoms with E-state index in [0.29, 0.717) is 10.9 Å². The Morgan fingerprint density at radius 3 is 2.47 bits per heavy atom. The Kier molecular flexibility index (Phi) is 6.08. The van der Waals surface area contributed by atoms with Crippen molar-refractivity contribution >= 4 is 29.2 Å². The third-order valence-electron chi connectivity index (χ3n) is 6.78. The van der Waals surface area contributed by atoms with E-state index in [0.717, 1.165) is 24.8 Å². The summed E-state index contributed by atoms with van der Waals surface area (Å²) in [5, 5.41) is 13.8. The molecule has 4 rings (SSSR count). The third kappa shape index (κ3) is 3.73. The molecule has 30 heavy (non-hydrogen) atoms. The van der Waals surface area contributed by atoms with Gasteiger partial charge in [0.2, 0.25) is 0 Å². The maximum Gasteiger partial charge on any atom is 0.321 e. The van der Waals surface area contributed by atoms with Crippen LogP contribution in [0.4, 0.5) is 4.39 Å². The van der Waals surface area contributed by atoms with Gasteiger partial charge in [0.25, 0.3) is 0 Å². The van der Waals surface area contributed by atoms with Gasteiger partial charge in [0.15, 0.2) is 0 Å². The van der Waals surface area contributed by atoms with E-state index in [1.807, 2.05) is 12.1 Å². The zero-order valence-electron chi connectivity index (χ0n) is 16.5. The number of rotatable bonds is 5. The smallest absolute Gasteiger partial charge is 0.321 e. The molecular formula is C23H25Cl2FN2O2. The van der Waals surface area contributed by atoms with Crippen LogP contribution in [0, 0.1) is 11.7 Å². The van der Waals surface area contributed by atoms with Crippen molar-refractivity contribution in [3.8, 4) is 0 Å². The first-order chi connectivity index (χ1) is 14.3. The molecule has 2 aromatic rings. The number of carbonyl (C=O) groups is 1. The Morgan fingerprint density at radius 1 is 1.17 bits per heavy atom. The Balaban J connectivity index is 1.86. The summed E-state index contributed by atoms with van der Waals surface area (Å²) in [6.45, 7) is 0. The van der Waals surface area contributed by atoms with Crippen LogP contribution in [0.25, 0.3) is 0 Å². The maximum absolute atomic E-state index is 15.1. The van der Waals surface area contributed by atoms with E-state index in [2.05, 4.69) is 5.32 Å². The number of halogens is 3. The predicted octanol–water partition coefficient (Wildman–Crippen LogP) is 5.08. The minimum absolute atomic E-state index is 0.0469. The molecule has 0 bridgehead atoms. The van der Waals surface area contributed by atoms with Crippen LogP contribution in [0.5, 0.6) is 0 Å². The highest BCUT2D eigenvalue weighted by atomic mass is 35.5. The lowest BCUT2D eigenvalue weighted by molar-refractivity contribution is -0.139. The molecule has 160 valence electrons. The molecule has 1 saturated heterocycles. The number of nitrogens with two attached hydrogens (primary N) is 1. The SMILES string of the molecule is N[C@]1(c2ccc(Cl)cc2)[C@H](CC2CCCC2)N[C@@H](C(=O)O)[C@@H]1c1cccc(Cl)c1F. The van der Waals surface area contributed by atoms with Crippen LogP contribution in [-0.4, -0.2) is 23.2 Å². The van der Waals surface area contributed by atoms with Gasteiger partial charge in [-0.15, -0.1) is 0 Å². The van der Waals surface area contributed by atoms with Gasteiger partial charge in [0.05, 0.1) is 10.6 Å². The Hall–Kier alpha value is -1.66. The first kappa shape index (κ1) is 21.6. The molecule has 2 aromatic carbocycles. The second-order valence-corrected chi connectivity index (χ2v) is 9.33. The van der Waals surface area contributed by atoms with Crippen LogP contribution < -0.4 is 11.1 Å². The molecule has 0 aromatic heterocycles. The van der Waals surface area contributed by atoms with Gasteiger partial charge in [-0.05, 0) is 41.7 Å². The highest BCUT2D eigenvalue weighted by molar-refractivity contribution is 6.31. The number of hydrogen-bond acceptors (Lipinski definition) is 3. The van der Waals surface area contributed by atoms with Crippen LogP contribution >= 0.6 is 23.2 Å². The number of aliphatic carboxylic acids is 1. The fraction of sp³-hybridized carbons (Fsp3) is 0.435. The zero-order valence-corrected chi connectivity index (χ0v) is 18.0. The number of hydrogen-bond donors (Lipinski definition) is 3. The van der Waals surface area contributed by atoms with Gasteiger partial charge in [0, 0.05) is 17.0 Å². The summed E-state index contributed by atoms with van der Waals surface area (Å²) in [5.74, 6) is -2.05. The molecule has 7 heteroatoms. The van der Waals surface area contributed by atoms with Gasteiger partial charge in [0.1, 0.15) is 11.9 Å². The summed E-state index contributed by atoms with van der Waals surface area (Å²) in [6, 6.07) is 10.4. The lowest BCUT2D eigenvalue weighted by Gasteiger charge is -2.38. The molecule has 2 aliphatic rings. The molecule has 4 nitrogen and oxygen atoms in total. The predicted molar refractivity (Wildman–Crippen MR) is 116 cm³/mol. The molecule has 2 fully saturated rings. The van der Waals surface area contributed by atoms with E-state index in [9.17, 15) is 9.90 Å². The van der Waals surface area contributed by atoms with Gasteiger partial charge >= 0.3 is 5.97 Å². The highest BCUT2D eigenvalue weighted by Gasteiger charge is 2.57. The maximum atomic E-state index is 15.1. The normalized spacial score (nSPS) is 29.4. The molecule has 0 unspecified atom stereocenters. The van der Waals surface area contributed by atoms with E-state index in [1.54, 1.807) is 24.3 Å². The first-order valence-corrected chi connectivity index (χ1v) is 11.1. The van der Waals surface area contributed by atoms with Gasteiger partial charge in [-0.3, -0.25) is 10.1 Å². The van der Waals surface area contributed by atoms with Crippen LogP contribution in [0.2, 0.25) is 10.0 Å². The summed E-state index contributed by atoms with van der Waals surface area (Å²) in [7, 11) is 0. The van der Waals surface area contributed by atoms with Crippen LogP contribution in [0.1, 0.15) is 49.1 Å². The molecule has 1 aliphatic carbocycles. The van der Waals surface area contributed by atoms with Crippen molar-refractivity contribution in [2.24, 2.45) is 11.7 Å². The summed E-state index contributed by atoms with van der Waals surface area (Å²) >= 11 is 12.1. The third-order valence-corrected chi connectivity index (χ3v) is 7.32. The fourth-order valence-corrected chi connectivity index (χ4v) is 5.62. The molecule has 1 aliphatic heterocycles. The Labute approximate surface area is 185 Å². The fourth-order valence-electron chi connectivity index (χ4n) is 5.32. The number of benzene rings is 2. The molecule has 0 radical (unpaired) electrons. The lowest BCUT2D eigenvalue weighted by atomic mass is 9.70. The van der Waals surface area contributed by atoms with E-state index in [1.165, 1.54) is 18.9 Å². The Morgan fingerprint density at radius 2 is 1.83 bits per heavy atom. The molecular weight excluding hydrogens is 426 g/mol. The quantitative estimate of drug-likeness (QED) is 0.593. The first-order valence-electron chi connectivity index (χ1n) is 10.3. The monoisotopic (exact) mass is 450 g/mol. The van der Waals surface area contributed by atoms with Crippen LogP contribution in [-0.2, 0) is 10.3 Å². The number of carboxylic acid groups (broad SMARTS) is 1. The van der Waals surface area contributed by atoms with Crippen molar-refractivity contribution in [3.05, 3.63) is 69.5 Å². The van der Waals surface area contributed by atoms with Crippen molar-refractivity contribution in [2.45, 2.75) is 55.6 Å². The van der Waals surface area contributed by atoms with Crippen LogP contribution in [0.15, 0.2) is 42.5 Å². The van der Waals surface area contributed by atoms with Crippen molar-refractivity contribution in [1.82, 2.24) is 5.32 Å². The van der Waals surface area contributed by atoms with Crippen LogP contribution in [0.3, 0.4) is 0 Å². The summed E-state index contributed by atoms with van der Waals surface area (Å²) in [6.07, 6.45) is 5.28. The standard InChI is InChI=1S/C23H25Cl2FN2O2/c24-15-10-8-14(9-11-15)23(27)18(12-13-4-1-2-5-13)28-21(22(29)30)19(23)16-6-3-7-17(25)20(16)26/h3,6-11,13,18-19,21,28H,1-2,4-5,12,27H2,(H,29,30)/t18-,19-,21+,23+/m0/s1. The van der Waals surface area contributed by atoms with Gasteiger partial charge in [-0.1, -0.05) is 73.2 Å². The Bertz CT molecular complexity index is 933. The topological polar surface area (TPSA) is 75.3 Å². The lowest BCUT2D eigenvalue weighted by Crippen LogP contribution is -2.51. The molecule has 4 atom stereocenters. The minimum Gasteiger partial charge on any atom is -0.480 e. The average molecular weight is 451 g/mol. The highest BCUT2D eigenvalue weighted by Crippen LogP contribution is 2.49. The summed E-state index contributed by atoms with van der Waals surface area (Å²) in [4.78, 5) is 12.2. The number of nitrogens with one attached hydrogen (secondary N) is 1. The largest absolute Gasteiger partial charge is 0.480 e.